The number of rotatable bonds is 3. The summed E-state index contributed by atoms with van der Waals surface area (Å²) in [5, 5.41) is 4.96. The van der Waals surface area contributed by atoms with Crippen LogP contribution < -0.4 is 0 Å². The summed E-state index contributed by atoms with van der Waals surface area (Å²) >= 11 is 0. The number of hydrogen-bond acceptors (Lipinski definition) is 2. The normalized spacial score (nSPS) is 15.0. The van der Waals surface area contributed by atoms with Crippen LogP contribution in [0.25, 0.3) is 60.4 Å². The molecular weight excluding hydrogens is 548 g/mol. The zero-order valence-electron chi connectivity index (χ0n) is 24.9. The third kappa shape index (κ3) is 3.96. The lowest BCUT2D eigenvalue weighted by molar-refractivity contribution is 0.420. The quantitative estimate of drug-likeness (QED) is 0.205. The second-order valence-electron chi connectivity index (χ2n) is 11.7. The standard InChI is InChI=1S/C41H30N4/c1-43-36(28-12-4-2-5-13-28)24-25-42-41(43)45-38-19-11-9-17-33(38)35-27-30(21-23-40(35)45)29-20-22-39-34(26-29)32-16-8-10-18-37(32)44(39)31-14-6-3-7-15-31/h2-27,36H,1H3. The van der Waals surface area contributed by atoms with Crippen molar-refractivity contribution in [3.05, 3.63) is 163 Å². The van der Waals surface area contributed by atoms with Crippen molar-refractivity contribution in [2.24, 2.45) is 4.99 Å². The fourth-order valence-corrected chi connectivity index (χ4v) is 7.11. The van der Waals surface area contributed by atoms with Crippen molar-refractivity contribution >= 4 is 49.6 Å². The van der Waals surface area contributed by atoms with Gasteiger partial charge in [0.2, 0.25) is 5.96 Å². The molecule has 1 unspecified atom stereocenters. The highest BCUT2D eigenvalue weighted by Crippen LogP contribution is 2.38. The molecule has 4 heteroatoms. The van der Waals surface area contributed by atoms with Gasteiger partial charge in [-0.25, -0.2) is 4.99 Å². The van der Waals surface area contributed by atoms with Gasteiger partial charge in [0.25, 0.3) is 0 Å². The Labute approximate surface area is 261 Å². The molecular formula is C41H30N4. The molecule has 0 fully saturated rings. The van der Waals surface area contributed by atoms with Crippen LogP contribution in [-0.2, 0) is 0 Å². The van der Waals surface area contributed by atoms with Crippen LogP contribution in [-0.4, -0.2) is 27.0 Å². The first-order chi connectivity index (χ1) is 22.3. The van der Waals surface area contributed by atoms with E-state index in [0.29, 0.717) is 0 Å². The van der Waals surface area contributed by atoms with Gasteiger partial charge in [0.05, 0.1) is 28.1 Å². The molecule has 0 radical (unpaired) electrons. The molecule has 2 aromatic heterocycles. The second-order valence-corrected chi connectivity index (χ2v) is 11.7. The summed E-state index contributed by atoms with van der Waals surface area (Å²) in [6.45, 7) is 0. The van der Waals surface area contributed by atoms with E-state index in [0.717, 1.165) is 17.0 Å². The van der Waals surface area contributed by atoms with Crippen LogP contribution in [0.1, 0.15) is 11.6 Å². The molecule has 0 amide bonds. The lowest BCUT2D eigenvalue weighted by Gasteiger charge is -2.32. The van der Waals surface area contributed by atoms with Crippen LogP contribution in [0.15, 0.2) is 163 Å². The van der Waals surface area contributed by atoms with E-state index in [-0.39, 0.29) is 6.04 Å². The zero-order valence-corrected chi connectivity index (χ0v) is 24.9. The molecule has 9 rings (SSSR count). The average Bonchev–Trinajstić information content (AvgIpc) is 3.61. The maximum Gasteiger partial charge on any atom is 0.211 e. The summed E-state index contributed by atoms with van der Waals surface area (Å²) in [5.74, 6) is 0.917. The molecule has 1 aliphatic rings. The van der Waals surface area contributed by atoms with Gasteiger partial charge in [-0.05, 0) is 71.3 Å². The Balaban J connectivity index is 1.20. The first-order valence-electron chi connectivity index (χ1n) is 15.4. The minimum Gasteiger partial charge on any atom is -0.334 e. The molecule has 0 saturated heterocycles. The maximum absolute atomic E-state index is 4.92. The van der Waals surface area contributed by atoms with Crippen molar-refractivity contribution < 1.29 is 0 Å². The summed E-state index contributed by atoms with van der Waals surface area (Å²) in [5.41, 5.74) is 9.55. The molecule has 3 heterocycles. The van der Waals surface area contributed by atoms with Crippen LogP contribution in [0.3, 0.4) is 0 Å². The molecule has 0 bridgehead atoms. The predicted octanol–water partition coefficient (Wildman–Crippen LogP) is 9.96. The van der Waals surface area contributed by atoms with Crippen LogP contribution in [0.5, 0.6) is 0 Å². The van der Waals surface area contributed by atoms with Crippen LogP contribution in [0.2, 0.25) is 0 Å². The van der Waals surface area contributed by atoms with E-state index in [4.69, 9.17) is 4.99 Å². The Hall–Kier alpha value is -5.87. The van der Waals surface area contributed by atoms with Gasteiger partial charge >= 0.3 is 0 Å². The highest BCUT2D eigenvalue weighted by atomic mass is 15.3. The highest BCUT2D eigenvalue weighted by Gasteiger charge is 2.25. The van der Waals surface area contributed by atoms with Gasteiger partial charge in [-0.1, -0.05) is 97.1 Å². The minimum atomic E-state index is 0.110. The molecule has 0 saturated carbocycles. The van der Waals surface area contributed by atoms with Gasteiger partial charge in [0, 0.05) is 40.5 Å². The number of fused-ring (bicyclic) bond motifs is 6. The monoisotopic (exact) mass is 578 g/mol. The summed E-state index contributed by atoms with van der Waals surface area (Å²) in [6, 6.07) is 52.5. The molecule has 0 spiro atoms. The van der Waals surface area contributed by atoms with E-state index >= 15 is 0 Å². The van der Waals surface area contributed by atoms with Gasteiger partial charge in [0.15, 0.2) is 0 Å². The lowest BCUT2D eigenvalue weighted by atomic mass is 10.0. The molecule has 8 aromatic rings. The topological polar surface area (TPSA) is 25.5 Å². The van der Waals surface area contributed by atoms with Crippen molar-refractivity contribution in [2.75, 3.05) is 7.05 Å². The summed E-state index contributed by atoms with van der Waals surface area (Å²) in [4.78, 5) is 7.19. The molecule has 214 valence electrons. The van der Waals surface area contributed by atoms with Crippen molar-refractivity contribution in [3.63, 3.8) is 0 Å². The van der Waals surface area contributed by atoms with E-state index in [1.54, 1.807) is 0 Å². The molecule has 4 nitrogen and oxygen atoms in total. The molecule has 1 atom stereocenters. The molecule has 0 aliphatic carbocycles. The van der Waals surface area contributed by atoms with Crippen LogP contribution in [0.4, 0.5) is 0 Å². The Morgan fingerprint density at radius 2 is 1.00 bits per heavy atom. The number of nitrogens with zero attached hydrogens (tertiary/aromatic N) is 4. The first kappa shape index (κ1) is 25.6. The van der Waals surface area contributed by atoms with Gasteiger partial charge in [-0.3, -0.25) is 4.57 Å². The van der Waals surface area contributed by atoms with Crippen molar-refractivity contribution in [1.82, 2.24) is 14.0 Å². The lowest BCUT2D eigenvalue weighted by Crippen LogP contribution is -2.36. The summed E-state index contributed by atoms with van der Waals surface area (Å²) < 4.78 is 4.67. The number of aromatic nitrogens is 2. The third-order valence-corrected chi connectivity index (χ3v) is 9.23. The molecule has 0 N–H and O–H groups in total. The number of benzene rings is 6. The first-order valence-corrected chi connectivity index (χ1v) is 15.4. The zero-order chi connectivity index (χ0) is 29.9. The van der Waals surface area contributed by atoms with E-state index < -0.39 is 0 Å². The smallest absolute Gasteiger partial charge is 0.211 e. The second kappa shape index (κ2) is 10.1. The fraction of sp³-hybridized carbons (Fsp3) is 0.0488. The number of hydrogen-bond donors (Lipinski definition) is 0. The third-order valence-electron chi connectivity index (χ3n) is 9.23. The Kier molecular flexibility index (Phi) is 5.75. The highest BCUT2D eigenvalue weighted by molar-refractivity contribution is 6.15. The molecule has 6 aromatic carbocycles. The number of para-hydroxylation sites is 3. The van der Waals surface area contributed by atoms with Gasteiger partial charge < -0.3 is 9.47 Å². The fourth-order valence-electron chi connectivity index (χ4n) is 7.11. The molecule has 1 aliphatic heterocycles. The van der Waals surface area contributed by atoms with Crippen molar-refractivity contribution in [1.29, 1.82) is 0 Å². The molecule has 45 heavy (non-hydrogen) atoms. The summed E-state index contributed by atoms with van der Waals surface area (Å²) in [6.07, 6.45) is 4.11. The maximum atomic E-state index is 4.92. The van der Waals surface area contributed by atoms with E-state index in [1.165, 1.54) is 55.0 Å². The van der Waals surface area contributed by atoms with Crippen LogP contribution in [0, 0.1) is 0 Å². The Morgan fingerprint density at radius 1 is 0.489 bits per heavy atom. The van der Waals surface area contributed by atoms with E-state index in [9.17, 15) is 0 Å². The minimum absolute atomic E-state index is 0.110. The Morgan fingerprint density at radius 3 is 1.64 bits per heavy atom. The van der Waals surface area contributed by atoms with Gasteiger partial charge in [-0.15, -0.1) is 0 Å². The van der Waals surface area contributed by atoms with Crippen molar-refractivity contribution in [3.8, 4) is 16.8 Å². The predicted molar refractivity (Wildman–Crippen MR) is 188 cm³/mol. The largest absolute Gasteiger partial charge is 0.334 e. The average molecular weight is 579 g/mol. The van der Waals surface area contributed by atoms with Crippen LogP contribution >= 0.6 is 0 Å². The van der Waals surface area contributed by atoms with Crippen molar-refractivity contribution in [2.45, 2.75) is 6.04 Å². The SMILES string of the molecule is CN1C(n2c3ccccc3c3cc(-c4ccc5c(c4)c4ccccc4n5-c4ccccc4)ccc32)=NC=CC1c1ccccc1. The van der Waals surface area contributed by atoms with E-state index in [1.807, 2.05) is 6.20 Å². The summed E-state index contributed by atoms with van der Waals surface area (Å²) in [7, 11) is 2.14. The van der Waals surface area contributed by atoms with E-state index in [2.05, 4.69) is 173 Å². The van der Waals surface area contributed by atoms with Gasteiger partial charge in [-0.2, -0.15) is 0 Å². The number of aliphatic imine (C=N–C) groups is 1. The number of likely N-dealkylation sites (N-methyl/N-ethyl adjacent to an activating group) is 1. The Bertz CT molecular complexity index is 2450. The van der Waals surface area contributed by atoms with Gasteiger partial charge in [0.1, 0.15) is 0 Å².